The van der Waals surface area contributed by atoms with Crippen molar-refractivity contribution >= 4 is 16.7 Å². The highest BCUT2D eigenvalue weighted by atomic mass is 16.5. The second kappa shape index (κ2) is 8.90. The molecule has 0 fully saturated rings. The summed E-state index contributed by atoms with van der Waals surface area (Å²) >= 11 is 0. The predicted octanol–water partition coefficient (Wildman–Crippen LogP) is 4.73. The van der Waals surface area contributed by atoms with Crippen molar-refractivity contribution in [2.45, 2.75) is 13.5 Å². The van der Waals surface area contributed by atoms with Crippen molar-refractivity contribution in [3.8, 4) is 11.5 Å². The molecule has 0 saturated carbocycles. The Bertz CT molecular complexity index is 944. The number of carbonyl (C=O) groups is 1. The lowest BCUT2D eigenvalue weighted by molar-refractivity contribution is 0.0958. The monoisotopic (exact) mass is 361 g/mol. The summed E-state index contributed by atoms with van der Waals surface area (Å²) in [4.78, 5) is 12.2. The summed E-state index contributed by atoms with van der Waals surface area (Å²) in [5.41, 5.74) is 1.40. The normalized spacial score (nSPS) is 10.4. The summed E-state index contributed by atoms with van der Waals surface area (Å²) in [5, 5.41) is 4.96. The zero-order chi connectivity index (χ0) is 19.1. The van der Waals surface area contributed by atoms with Crippen LogP contribution in [0.1, 0.15) is 22.8 Å². The van der Waals surface area contributed by atoms with Crippen LogP contribution in [0.15, 0.2) is 73.3 Å². The third kappa shape index (κ3) is 4.47. The number of ether oxygens (including phenoxy) is 2. The van der Waals surface area contributed by atoms with E-state index >= 15 is 0 Å². The van der Waals surface area contributed by atoms with Crippen LogP contribution in [0.25, 0.3) is 10.8 Å². The van der Waals surface area contributed by atoms with E-state index in [1.807, 2.05) is 49.4 Å². The molecule has 0 aromatic heterocycles. The van der Waals surface area contributed by atoms with Crippen LogP contribution in [0.4, 0.5) is 0 Å². The van der Waals surface area contributed by atoms with Crippen LogP contribution >= 0.6 is 0 Å². The lowest BCUT2D eigenvalue weighted by Crippen LogP contribution is -2.23. The van der Waals surface area contributed by atoms with E-state index in [0.717, 1.165) is 27.8 Å². The smallest absolute Gasteiger partial charge is 0.251 e. The van der Waals surface area contributed by atoms with Crippen molar-refractivity contribution in [2.75, 3.05) is 13.2 Å². The van der Waals surface area contributed by atoms with Gasteiger partial charge in [-0.05, 0) is 36.6 Å². The van der Waals surface area contributed by atoms with Gasteiger partial charge in [-0.25, -0.2) is 0 Å². The molecule has 27 heavy (non-hydrogen) atoms. The minimum Gasteiger partial charge on any atom is -0.493 e. The van der Waals surface area contributed by atoms with E-state index in [1.165, 1.54) is 0 Å². The Morgan fingerprint density at radius 1 is 1.04 bits per heavy atom. The van der Waals surface area contributed by atoms with Gasteiger partial charge in [0, 0.05) is 23.1 Å². The molecule has 3 aromatic carbocycles. The van der Waals surface area contributed by atoms with Crippen LogP contribution in [0.5, 0.6) is 11.5 Å². The molecular weight excluding hydrogens is 338 g/mol. The summed E-state index contributed by atoms with van der Waals surface area (Å²) in [6.07, 6.45) is 1.65. The highest BCUT2D eigenvalue weighted by molar-refractivity contribution is 5.94. The summed E-state index contributed by atoms with van der Waals surface area (Å²) in [5.74, 6) is 1.37. The molecule has 0 atom stereocenters. The Balaban J connectivity index is 1.85. The Kier molecular flexibility index (Phi) is 6.10. The van der Waals surface area contributed by atoms with Gasteiger partial charge < -0.3 is 14.8 Å². The van der Waals surface area contributed by atoms with Crippen molar-refractivity contribution in [1.29, 1.82) is 0 Å². The van der Waals surface area contributed by atoms with Crippen LogP contribution in [0, 0.1) is 0 Å². The van der Waals surface area contributed by atoms with Crippen LogP contribution in [0.3, 0.4) is 0 Å². The van der Waals surface area contributed by atoms with E-state index in [1.54, 1.807) is 12.1 Å². The lowest BCUT2D eigenvalue weighted by atomic mass is 10.1. The maximum absolute atomic E-state index is 12.2. The number of benzene rings is 3. The standard InChI is InChI=1S/C23H23NO3/c1-3-14-24-23(25)18-12-13-21(26-4-2)19(15-18)16-27-22-11-7-9-17-8-5-6-10-20(17)22/h3,5-13,15H,1,4,14,16H2,2H3,(H,24,25). The van der Waals surface area contributed by atoms with Crippen molar-refractivity contribution in [1.82, 2.24) is 5.32 Å². The zero-order valence-corrected chi connectivity index (χ0v) is 15.4. The average molecular weight is 361 g/mol. The first-order valence-corrected chi connectivity index (χ1v) is 8.98. The second-order valence-corrected chi connectivity index (χ2v) is 6.02. The Labute approximate surface area is 159 Å². The van der Waals surface area contributed by atoms with E-state index in [0.29, 0.717) is 25.3 Å². The van der Waals surface area contributed by atoms with Gasteiger partial charge in [-0.3, -0.25) is 4.79 Å². The van der Waals surface area contributed by atoms with Gasteiger partial charge in [0.1, 0.15) is 18.1 Å². The molecule has 0 spiro atoms. The molecule has 4 nitrogen and oxygen atoms in total. The predicted molar refractivity (Wildman–Crippen MR) is 108 cm³/mol. The van der Waals surface area contributed by atoms with Gasteiger partial charge in [-0.2, -0.15) is 0 Å². The molecule has 0 saturated heterocycles. The summed E-state index contributed by atoms with van der Waals surface area (Å²) in [6.45, 7) is 6.83. The highest BCUT2D eigenvalue weighted by Gasteiger charge is 2.11. The number of carbonyl (C=O) groups excluding carboxylic acids is 1. The molecule has 138 valence electrons. The summed E-state index contributed by atoms with van der Waals surface area (Å²) in [6, 6.07) is 19.4. The quantitative estimate of drug-likeness (QED) is 0.590. The Hall–Kier alpha value is -3.27. The topological polar surface area (TPSA) is 47.6 Å². The largest absolute Gasteiger partial charge is 0.493 e. The molecular formula is C23H23NO3. The molecule has 4 heteroatoms. The molecule has 0 bridgehead atoms. The fourth-order valence-corrected chi connectivity index (χ4v) is 2.87. The summed E-state index contributed by atoms with van der Waals surface area (Å²) < 4.78 is 11.8. The minimum absolute atomic E-state index is 0.149. The minimum atomic E-state index is -0.149. The van der Waals surface area contributed by atoms with Crippen molar-refractivity contribution in [2.24, 2.45) is 0 Å². The van der Waals surface area contributed by atoms with Gasteiger partial charge >= 0.3 is 0 Å². The maximum atomic E-state index is 12.2. The zero-order valence-electron chi connectivity index (χ0n) is 15.4. The molecule has 1 amide bonds. The number of amides is 1. The van der Waals surface area contributed by atoms with E-state index in [-0.39, 0.29) is 5.91 Å². The van der Waals surface area contributed by atoms with Gasteiger partial charge in [0.2, 0.25) is 0 Å². The number of hydrogen-bond acceptors (Lipinski definition) is 3. The SMILES string of the molecule is C=CCNC(=O)c1ccc(OCC)c(COc2cccc3ccccc23)c1. The third-order valence-corrected chi connectivity index (χ3v) is 4.16. The van der Waals surface area contributed by atoms with Crippen molar-refractivity contribution in [3.63, 3.8) is 0 Å². The van der Waals surface area contributed by atoms with Gasteiger partial charge in [-0.15, -0.1) is 6.58 Å². The number of fused-ring (bicyclic) bond motifs is 1. The van der Waals surface area contributed by atoms with E-state index < -0.39 is 0 Å². The maximum Gasteiger partial charge on any atom is 0.251 e. The first-order valence-electron chi connectivity index (χ1n) is 8.98. The molecule has 1 N–H and O–H groups in total. The van der Waals surface area contributed by atoms with Crippen LogP contribution in [-0.4, -0.2) is 19.1 Å². The van der Waals surface area contributed by atoms with Gasteiger partial charge in [0.25, 0.3) is 5.91 Å². The van der Waals surface area contributed by atoms with Crippen LogP contribution in [-0.2, 0) is 6.61 Å². The first kappa shape index (κ1) is 18.5. The molecule has 3 rings (SSSR count). The van der Waals surface area contributed by atoms with E-state index in [9.17, 15) is 4.79 Å². The lowest BCUT2D eigenvalue weighted by Gasteiger charge is -2.14. The van der Waals surface area contributed by atoms with Crippen LogP contribution in [0.2, 0.25) is 0 Å². The molecule has 3 aromatic rings. The number of hydrogen-bond donors (Lipinski definition) is 1. The van der Waals surface area contributed by atoms with E-state index in [4.69, 9.17) is 9.47 Å². The Morgan fingerprint density at radius 2 is 1.85 bits per heavy atom. The van der Waals surface area contributed by atoms with Gasteiger partial charge in [0.15, 0.2) is 0 Å². The number of rotatable bonds is 8. The fourth-order valence-electron chi connectivity index (χ4n) is 2.87. The average Bonchev–Trinajstić information content (AvgIpc) is 2.71. The Morgan fingerprint density at radius 3 is 2.67 bits per heavy atom. The van der Waals surface area contributed by atoms with Crippen molar-refractivity contribution in [3.05, 3.63) is 84.4 Å². The molecule has 0 aliphatic heterocycles. The molecule has 0 radical (unpaired) electrons. The molecule has 0 unspecified atom stereocenters. The fraction of sp³-hybridized carbons (Fsp3) is 0.174. The van der Waals surface area contributed by atoms with Crippen LogP contribution < -0.4 is 14.8 Å². The molecule has 0 aliphatic carbocycles. The third-order valence-electron chi connectivity index (χ3n) is 4.16. The molecule has 0 heterocycles. The van der Waals surface area contributed by atoms with E-state index in [2.05, 4.69) is 24.0 Å². The highest BCUT2D eigenvalue weighted by Crippen LogP contribution is 2.28. The van der Waals surface area contributed by atoms with Gasteiger partial charge in [-0.1, -0.05) is 42.5 Å². The molecule has 0 aliphatic rings. The van der Waals surface area contributed by atoms with Crippen molar-refractivity contribution < 1.29 is 14.3 Å². The van der Waals surface area contributed by atoms with Gasteiger partial charge in [0.05, 0.1) is 6.61 Å². The first-order chi connectivity index (χ1) is 13.2. The summed E-state index contributed by atoms with van der Waals surface area (Å²) in [7, 11) is 0. The number of nitrogens with one attached hydrogen (secondary N) is 1. The second-order valence-electron chi connectivity index (χ2n) is 6.02.